The number of rotatable bonds is 6. The third-order valence-electron chi connectivity index (χ3n) is 5.76. The Morgan fingerprint density at radius 1 is 1.36 bits per heavy atom. The zero-order valence-electron chi connectivity index (χ0n) is 15.5. The Bertz CT molecular complexity index is 581. The molecule has 0 unspecified atom stereocenters. The fourth-order valence-corrected chi connectivity index (χ4v) is 4.29. The predicted molar refractivity (Wildman–Crippen MR) is 92.5 cm³/mol. The number of aromatic nitrogens is 1. The highest BCUT2D eigenvalue weighted by Gasteiger charge is 2.45. The third kappa shape index (κ3) is 3.88. The first-order valence-electron chi connectivity index (χ1n) is 9.01. The molecule has 0 aromatic carbocycles. The molecule has 2 aliphatic heterocycles. The van der Waals surface area contributed by atoms with E-state index in [2.05, 4.69) is 10.1 Å². The largest absolute Gasteiger partial charge is 0.383 e. The Labute approximate surface area is 149 Å². The van der Waals surface area contributed by atoms with Gasteiger partial charge in [0.15, 0.2) is 0 Å². The molecule has 2 aliphatic rings. The number of hydrogen-bond acceptors (Lipinski definition) is 6. The van der Waals surface area contributed by atoms with Crippen molar-refractivity contribution in [3.05, 3.63) is 17.5 Å². The minimum atomic E-state index is 0.0382. The van der Waals surface area contributed by atoms with E-state index in [-0.39, 0.29) is 11.3 Å². The van der Waals surface area contributed by atoms with Gasteiger partial charge in [-0.3, -0.25) is 9.69 Å². The van der Waals surface area contributed by atoms with Crippen molar-refractivity contribution in [1.82, 2.24) is 15.0 Å². The molecule has 0 radical (unpaired) electrons. The fraction of sp³-hybridized carbons (Fsp3) is 0.778. The lowest BCUT2D eigenvalue weighted by atomic mass is 9.76. The summed E-state index contributed by atoms with van der Waals surface area (Å²) < 4.78 is 15.6. The highest BCUT2D eigenvalue weighted by atomic mass is 16.5. The standard InChI is InChI=1S/C18H29N3O4/c1-14-16(12-25-19-14)17(22)20-6-4-18(5-7-20)10-15(11-24-3)21(13-18)8-9-23-2/h12,15H,4-11,13H2,1-3H3/t15-/m0/s1. The van der Waals surface area contributed by atoms with Crippen molar-refractivity contribution in [2.45, 2.75) is 32.2 Å². The molecule has 0 N–H and O–H groups in total. The minimum Gasteiger partial charge on any atom is -0.383 e. The first-order valence-corrected chi connectivity index (χ1v) is 9.01. The number of carbonyl (C=O) groups is 1. The van der Waals surface area contributed by atoms with Gasteiger partial charge in [-0.2, -0.15) is 0 Å². The lowest BCUT2D eigenvalue weighted by Crippen LogP contribution is -2.44. The van der Waals surface area contributed by atoms with E-state index in [0.29, 0.717) is 17.3 Å². The van der Waals surface area contributed by atoms with Crippen LogP contribution >= 0.6 is 0 Å². The lowest BCUT2D eigenvalue weighted by Gasteiger charge is -2.39. The molecule has 0 bridgehead atoms. The first-order chi connectivity index (χ1) is 12.1. The Balaban J connectivity index is 1.60. The Morgan fingerprint density at radius 2 is 2.12 bits per heavy atom. The number of carbonyl (C=O) groups excluding carboxylic acids is 1. The zero-order chi connectivity index (χ0) is 17.9. The molecule has 3 heterocycles. The molecule has 3 rings (SSSR count). The number of ether oxygens (including phenoxy) is 2. The summed E-state index contributed by atoms with van der Waals surface area (Å²) in [5.74, 6) is 0.0382. The van der Waals surface area contributed by atoms with Crippen molar-refractivity contribution in [3.63, 3.8) is 0 Å². The summed E-state index contributed by atoms with van der Waals surface area (Å²) in [4.78, 5) is 17.1. The van der Waals surface area contributed by atoms with Crippen molar-refractivity contribution < 1.29 is 18.8 Å². The van der Waals surface area contributed by atoms with Gasteiger partial charge in [0.2, 0.25) is 0 Å². The second-order valence-electron chi connectivity index (χ2n) is 7.38. The molecular weight excluding hydrogens is 322 g/mol. The Kier molecular flexibility index (Phi) is 5.76. The predicted octanol–water partition coefficient (Wildman–Crippen LogP) is 1.57. The van der Waals surface area contributed by atoms with E-state index in [1.54, 1.807) is 14.2 Å². The number of likely N-dealkylation sites (tertiary alicyclic amines) is 2. The van der Waals surface area contributed by atoms with E-state index >= 15 is 0 Å². The molecule has 1 spiro atoms. The van der Waals surface area contributed by atoms with E-state index in [9.17, 15) is 4.79 Å². The maximum atomic E-state index is 12.6. The summed E-state index contributed by atoms with van der Waals surface area (Å²) in [6.07, 6.45) is 4.66. The Morgan fingerprint density at radius 3 is 2.72 bits per heavy atom. The van der Waals surface area contributed by atoms with Gasteiger partial charge in [-0.1, -0.05) is 5.16 Å². The molecular formula is C18H29N3O4. The zero-order valence-corrected chi connectivity index (χ0v) is 15.5. The molecule has 25 heavy (non-hydrogen) atoms. The molecule has 2 saturated heterocycles. The smallest absolute Gasteiger partial charge is 0.259 e. The van der Waals surface area contributed by atoms with Crippen molar-refractivity contribution in [2.75, 3.05) is 53.6 Å². The van der Waals surface area contributed by atoms with E-state index in [4.69, 9.17) is 14.0 Å². The molecule has 140 valence electrons. The van der Waals surface area contributed by atoms with Crippen LogP contribution in [0.1, 0.15) is 35.3 Å². The van der Waals surface area contributed by atoms with Crippen LogP contribution in [0.4, 0.5) is 0 Å². The van der Waals surface area contributed by atoms with Crippen LogP contribution in [0.15, 0.2) is 10.8 Å². The van der Waals surface area contributed by atoms with Crippen molar-refractivity contribution in [2.24, 2.45) is 5.41 Å². The van der Waals surface area contributed by atoms with Crippen molar-refractivity contribution >= 4 is 5.91 Å². The third-order valence-corrected chi connectivity index (χ3v) is 5.76. The summed E-state index contributed by atoms with van der Waals surface area (Å²) in [7, 11) is 3.51. The summed E-state index contributed by atoms with van der Waals surface area (Å²) in [5.41, 5.74) is 1.54. The lowest BCUT2D eigenvalue weighted by molar-refractivity contribution is 0.0581. The molecule has 0 saturated carbocycles. The Hall–Kier alpha value is -1.44. The van der Waals surface area contributed by atoms with Crippen LogP contribution in [0.5, 0.6) is 0 Å². The number of amides is 1. The monoisotopic (exact) mass is 351 g/mol. The molecule has 2 fully saturated rings. The van der Waals surface area contributed by atoms with Gasteiger partial charge < -0.3 is 18.9 Å². The van der Waals surface area contributed by atoms with E-state index < -0.39 is 0 Å². The fourth-order valence-electron chi connectivity index (χ4n) is 4.29. The molecule has 1 aromatic rings. The van der Waals surface area contributed by atoms with Crippen LogP contribution in [-0.4, -0.2) is 80.5 Å². The van der Waals surface area contributed by atoms with Crippen LogP contribution in [-0.2, 0) is 9.47 Å². The second kappa shape index (κ2) is 7.85. The van der Waals surface area contributed by atoms with Gasteiger partial charge in [0.05, 0.1) is 18.9 Å². The maximum absolute atomic E-state index is 12.6. The molecule has 1 aromatic heterocycles. The summed E-state index contributed by atoms with van der Waals surface area (Å²) >= 11 is 0. The van der Waals surface area contributed by atoms with Crippen LogP contribution in [0, 0.1) is 12.3 Å². The SMILES string of the molecule is COCCN1CC2(CCN(C(=O)c3conc3C)CC2)C[C@H]1COC. The molecule has 1 atom stereocenters. The average molecular weight is 351 g/mol. The number of methoxy groups -OCH3 is 2. The van der Waals surface area contributed by atoms with Gasteiger partial charge in [-0.15, -0.1) is 0 Å². The maximum Gasteiger partial charge on any atom is 0.259 e. The molecule has 0 aliphatic carbocycles. The van der Waals surface area contributed by atoms with Crippen molar-refractivity contribution in [3.8, 4) is 0 Å². The van der Waals surface area contributed by atoms with E-state index in [1.807, 2.05) is 11.8 Å². The van der Waals surface area contributed by atoms with Gasteiger partial charge in [0.25, 0.3) is 5.91 Å². The highest BCUT2D eigenvalue weighted by molar-refractivity contribution is 5.94. The van der Waals surface area contributed by atoms with Gasteiger partial charge in [-0.05, 0) is 31.6 Å². The second-order valence-corrected chi connectivity index (χ2v) is 7.38. The summed E-state index contributed by atoms with van der Waals surface area (Å²) in [6.45, 7) is 6.90. The minimum absolute atomic E-state index is 0.0382. The molecule has 1 amide bonds. The van der Waals surface area contributed by atoms with Crippen LogP contribution < -0.4 is 0 Å². The van der Waals surface area contributed by atoms with E-state index in [0.717, 1.165) is 58.7 Å². The average Bonchev–Trinajstić information content (AvgIpc) is 3.18. The number of aryl methyl sites for hydroxylation is 1. The first kappa shape index (κ1) is 18.4. The van der Waals surface area contributed by atoms with Gasteiger partial charge in [0, 0.05) is 46.4 Å². The van der Waals surface area contributed by atoms with Crippen LogP contribution in [0.25, 0.3) is 0 Å². The van der Waals surface area contributed by atoms with Gasteiger partial charge >= 0.3 is 0 Å². The van der Waals surface area contributed by atoms with Crippen LogP contribution in [0.2, 0.25) is 0 Å². The van der Waals surface area contributed by atoms with E-state index in [1.165, 1.54) is 6.26 Å². The highest BCUT2D eigenvalue weighted by Crippen LogP contribution is 2.43. The number of hydrogen-bond donors (Lipinski definition) is 0. The number of nitrogens with zero attached hydrogens (tertiary/aromatic N) is 3. The van der Waals surface area contributed by atoms with Crippen molar-refractivity contribution in [1.29, 1.82) is 0 Å². The molecule has 7 nitrogen and oxygen atoms in total. The quantitative estimate of drug-likeness (QED) is 0.775. The summed E-state index contributed by atoms with van der Waals surface area (Å²) in [6, 6.07) is 0.447. The normalized spacial score (nSPS) is 23.5. The number of piperidine rings is 1. The topological polar surface area (TPSA) is 68.0 Å². The van der Waals surface area contributed by atoms with Gasteiger partial charge in [0.1, 0.15) is 11.8 Å². The van der Waals surface area contributed by atoms with Gasteiger partial charge in [-0.25, -0.2) is 0 Å². The van der Waals surface area contributed by atoms with Crippen LogP contribution in [0.3, 0.4) is 0 Å². The summed E-state index contributed by atoms with van der Waals surface area (Å²) in [5, 5.41) is 3.82. The molecule has 7 heteroatoms.